The number of likely N-dealkylation sites (tertiary alicyclic amines) is 1. The van der Waals surface area contributed by atoms with Crippen molar-refractivity contribution in [3.63, 3.8) is 0 Å². The minimum atomic E-state index is -0.152. The molecule has 5 nitrogen and oxygen atoms in total. The van der Waals surface area contributed by atoms with Gasteiger partial charge in [0.1, 0.15) is 5.01 Å². The molecule has 2 atom stereocenters. The van der Waals surface area contributed by atoms with E-state index < -0.39 is 0 Å². The van der Waals surface area contributed by atoms with E-state index in [-0.39, 0.29) is 6.10 Å². The summed E-state index contributed by atoms with van der Waals surface area (Å²) in [6.45, 7) is 4.71. The molecule has 0 aromatic carbocycles. The number of hydrogen-bond acceptors (Lipinski definition) is 6. The molecule has 0 radical (unpaired) electrons. The molecule has 2 rings (SSSR count). The number of nitrogens with two attached hydrogens (primary N) is 1. The molecule has 0 bridgehead atoms. The van der Waals surface area contributed by atoms with Crippen molar-refractivity contribution in [3.05, 3.63) is 5.01 Å². The molecule has 0 aliphatic carbocycles. The zero-order valence-electron chi connectivity index (χ0n) is 8.76. The van der Waals surface area contributed by atoms with Crippen molar-refractivity contribution in [3.8, 4) is 0 Å². The second-order valence-corrected chi connectivity index (χ2v) is 5.20. The Hall–Kier alpha value is -0.720. The fourth-order valence-electron chi connectivity index (χ4n) is 1.88. The van der Waals surface area contributed by atoms with Gasteiger partial charge in [0.25, 0.3) is 0 Å². The minimum Gasteiger partial charge on any atom is -0.393 e. The maximum Gasteiger partial charge on any atom is 0.203 e. The van der Waals surface area contributed by atoms with Gasteiger partial charge >= 0.3 is 0 Å². The lowest BCUT2D eigenvalue weighted by atomic mass is 9.97. The van der Waals surface area contributed by atoms with E-state index in [0.717, 1.165) is 31.1 Å². The van der Waals surface area contributed by atoms with E-state index >= 15 is 0 Å². The Morgan fingerprint density at radius 3 is 3.00 bits per heavy atom. The number of aliphatic hydroxyl groups excluding tert-OH is 1. The smallest absolute Gasteiger partial charge is 0.203 e. The fraction of sp³-hybridized carbons (Fsp3) is 0.778. The van der Waals surface area contributed by atoms with Crippen molar-refractivity contribution in [2.24, 2.45) is 5.92 Å². The summed E-state index contributed by atoms with van der Waals surface area (Å²) < 4.78 is 0. The summed E-state index contributed by atoms with van der Waals surface area (Å²) >= 11 is 1.43. The number of anilines is 1. The van der Waals surface area contributed by atoms with Gasteiger partial charge < -0.3 is 10.8 Å². The third-order valence-electron chi connectivity index (χ3n) is 2.79. The molecular weight excluding hydrogens is 212 g/mol. The van der Waals surface area contributed by atoms with Crippen LogP contribution in [-0.4, -0.2) is 39.4 Å². The summed E-state index contributed by atoms with van der Waals surface area (Å²) in [4.78, 5) is 2.29. The van der Waals surface area contributed by atoms with Gasteiger partial charge in [-0.05, 0) is 12.3 Å². The molecule has 1 aliphatic heterocycles. The predicted octanol–water partition coefficient (Wildman–Crippen LogP) is 0.323. The zero-order chi connectivity index (χ0) is 10.8. The van der Waals surface area contributed by atoms with Crippen LogP contribution in [0, 0.1) is 5.92 Å². The first kappa shape index (κ1) is 10.8. The van der Waals surface area contributed by atoms with Gasteiger partial charge in [0.2, 0.25) is 5.13 Å². The van der Waals surface area contributed by atoms with Gasteiger partial charge in [-0.2, -0.15) is 0 Å². The lowest BCUT2D eigenvalue weighted by Gasteiger charge is -2.33. The Labute approximate surface area is 92.9 Å². The van der Waals surface area contributed by atoms with Crippen LogP contribution in [0.25, 0.3) is 0 Å². The standard InChI is InChI=1S/C9H16N4OS/c1-6-4-13(3-2-7(6)14)5-8-11-12-9(10)15-8/h6-7,14H,2-5H2,1H3,(H2,10,12). The Balaban J connectivity index is 1.90. The third-order valence-corrected chi connectivity index (χ3v) is 3.52. The van der Waals surface area contributed by atoms with E-state index in [4.69, 9.17) is 5.73 Å². The van der Waals surface area contributed by atoms with Gasteiger partial charge in [-0.25, -0.2) is 0 Å². The molecule has 1 fully saturated rings. The number of nitrogens with zero attached hydrogens (tertiary/aromatic N) is 3. The van der Waals surface area contributed by atoms with Crippen LogP contribution in [0.1, 0.15) is 18.4 Å². The van der Waals surface area contributed by atoms with Crippen LogP contribution in [0.5, 0.6) is 0 Å². The van der Waals surface area contributed by atoms with Crippen LogP contribution >= 0.6 is 11.3 Å². The van der Waals surface area contributed by atoms with Crippen molar-refractivity contribution >= 4 is 16.5 Å². The van der Waals surface area contributed by atoms with Crippen LogP contribution < -0.4 is 5.73 Å². The molecule has 15 heavy (non-hydrogen) atoms. The number of rotatable bonds is 2. The topological polar surface area (TPSA) is 75.3 Å². The van der Waals surface area contributed by atoms with E-state index in [1.54, 1.807) is 0 Å². The fourth-order valence-corrected chi connectivity index (χ4v) is 2.54. The number of piperidine rings is 1. The average molecular weight is 228 g/mol. The van der Waals surface area contributed by atoms with Crippen LogP contribution in [0.2, 0.25) is 0 Å². The molecule has 1 aromatic rings. The maximum absolute atomic E-state index is 9.59. The number of aliphatic hydroxyl groups is 1. The van der Waals surface area contributed by atoms with Crippen LogP contribution in [0.15, 0.2) is 0 Å². The van der Waals surface area contributed by atoms with Crippen molar-refractivity contribution in [1.29, 1.82) is 0 Å². The van der Waals surface area contributed by atoms with Crippen LogP contribution in [0.4, 0.5) is 5.13 Å². The van der Waals surface area contributed by atoms with Crippen LogP contribution in [0.3, 0.4) is 0 Å². The van der Waals surface area contributed by atoms with E-state index in [0.29, 0.717) is 11.0 Å². The van der Waals surface area contributed by atoms with Crippen molar-refractivity contribution < 1.29 is 5.11 Å². The summed E-state index contributed by atoms with van der Waals surface area (Å²) in [5, 5.41) is 18.9. The van der Waals surface area contributed by atoms with Crippen LogP contribution in [-0.2, 0) is 6.54 Å². The number of hydrogen-bond donors (Lipinski definition) is 2. The van der Waals surface area contributed by atoms with Gasteiger partial charge in [0, 0.05) is 13.1 Å². The van der Waals surface area contributed by atoms with Crippen molar-refractivity contribution in [2.75, 3.05) is 18.8 Å². The second kappa shape index (κ2) is 4.42. The Morgan fingerprint density at radius 2 is 2.40 bits per heavy atom. The monoisotopic (exact) mass is 228 g/mol. The van der Waals surface area contributed by atoms with E-state index in [1.165, 1.54) is 11.3 Å². The van der Waals surface area contributed by atoms with Crippen molar-refractivity contribution in [2.45, 2.75) is 26.0 Å². The molecule has 1 aromatic heterocycles. The molecule has 2 heterocycles. The SMILES string of the molecule is CC1CN(Cc2nnc(N)s2)CCC1O. The van der Waals surface area contributed by atoms with Crippen molar-refractivity contribution in [1.82, 2.24) is 15.1 Å². The quantitative estimate of drug-likeness (QED) is 0.762. The molecule has 0 spiro atoms. The zero-order valence-corrected chi connectivity index (χ0v) is 9.57. The summed E-state index contributed by atoms with van der Waals surface area (Å²) in [6.07, 6.45) is 0.691. The summed E-state index contributed by atoms with van der Waals surface area (Å²) in [6, 6.07) is 0. The van der Waals surface area contributed by atoms with Gasteiger partial charge in [0.05, 0.1) is 12.6 Å². The van der Waals surface area contributed by atoms with Gasteiger partial charge in [-0.3, -0.25) is 4.90 Å². The van der Waals surface area contributed by atoms with Gasteiger partial charge in [-0.1, -0.05) is 18.3 Å². The minimum absolute atomic E-state index is 0.152. The molecule has 1 saturated heterocycles. The highest BCUT2D eigenvalue weighted by molar-refractivity contribution is 7.15. The number of nitrogen functional groups attached to an aromatic ring is 1. The lowest BCUT2D eigenvalue weighted by molar-refractivity contribution is 0.0319. The summed E-state index contributed by atoms with van der Waals surface area (Å²) in [7, 11) is 0. The Kier molecular flexibility index (Phi) is 3.18. The normalized spacial score (nSPS) is 28.1. The highest BCUT2D eigenvalue weighted by atomic mass is 32.1. The molecule has 84 valence electrons. The molecule has 2 unspecified atom stereocenters. The first-order valence-corrected chi connectivity index (χ1v) is 5.95. The summed E-state index contributed by atoms with van der Waals surface area (Å²) in [5.41, 5.74) is 5.52. The Bertz CT molecular complexity index is 330. The average Bonchev–Trinajstić information content (AvgIpc) is 2.58. The van der Waals surface area contributed by atoms with Gasteiger partial charge in [0.15, 0.2) is 0 Å². The largest absolute Gasteiger partial charge is 0.393 e. The first-order chi connectivity index (χ1) is 7.15. The molecule has 6 heteroatoms. The lowest BCUT2D eigenvalue weighted by Crippen LogP contribution is -2.41. The summed E-state index contributed by atoms with van der Waals surface area (Å²) in [5.74, 6) is 0.337. The number of aromatic nitrogens is 2. The molecule has 0 amide bonds. The molecular formula is C9H16N4OS. The van der Waals surface area contributed by atoms with E-state index in [1.807, 2.05) is 0 Å². The highest BCUT2D eigenvalue weighted by Crippen LogP contribution is 2.20. The molecule has 0 saturated carbocycles. The predicted molar refractivity (Wildman–Crippen MR) is 59.4 cm³/mol. The second-order valence-electron chi connectivity index (χ2n) is 4.10. The molecule has 1 aliphatic rings. The Morgan fingerprint density at radius 1 is 1.60 bits per heavy atom. The van der Waals surface area contributed by atoms with E-state index in [9.17, 15) is 5.11 Å². The first-order valence-electron chi connectivity index (χ1n) is 5.13. The third kappa shape index (κ3) is 2.64. The van der Waals surface area contributed by atoms with E-state index in [2.05, 4.69) is 22.0 Å². The van der Waals surface area contributed by atoms with Gasteiger partial charge in [-0.15, -0.1) is 10.2 Å². The highest BCUT2D eigenvalue weighted by Gasteiger charge is 2.24. The molecule has 3 N–H and O–H groups in total. The maximum atomic E-state index is 9.59.